The third kappa shape index (κ3) is 9.26. The highest BCUT2D eigenvalue weighted by atomic mass is 35.5. The van der Waals surface area contributed by atoms with Crippen molar-refractivity contribution in [1.82, 2.24) is 9.62 Å². The van der Waals surface area contributed by atoms with Gasteiger partial charge < -0.3 is 19.3 Å². The van der Waals surface area contributed by atoms with Crippen molar-refractivity contribution in [2.75, 3.05) is 50.8 Å². The van der Waals surface area contributed by atoms with E-state index in [0.717, 1.165) is 68.8 Å². The Morgan fingerprint density at radius 1 is 1.13 bits per heavy atom. The molecule has 3 aliphatic rings. The number of nitrogens with one attached hydrogen (secondary N) is 1. The first-order valence-electron chi connectivity index (χ1n) is 17.7. The minimum absolute atomic E-state index is 0.0459. The van der Waals surface area contributed by atoms with E-state index in [1.54, 1.807) is 6.07 Å². The van der Waals surface area contributed by atoms with Crippen molar-refractivity contribution in [2.24, 2.45) is 5.92 Å². The highest BCUT2D eigenvalue weighted by Crippen LogP contribution is 2.39. The first-order valence-corrected chi connectivity index (χ1v) is 19.0. The van der Waals surface area contributed by atoms with Gasteiger partial charge in [0.25, 0.3) is 5.91 Å². The molecule has 6 nitrogen and oxygen atoms in total. The van der Waals surface area contributed by atoms with E-state index in [4.69, 9.17) is 21.1 Å². The van der Waals surface area contributed by atoms with E-state index >= 15 is 4.39 Å². The molecule has 4 atom stereocenters. The molecule has 2 aromatic carbocycles. The molecule has 3 heterocycles. The molecule has 1 N–H and O–H groups in total. The van der Waals surface area contributed by atoms with Gasteiger partial charge in [0.2, 0.25) is 0 Å². The van der Waals surface area contributed by atoms with E-state index in [9.17, 15) is 4.79 Å². The minimum atomic E-state index is -0.325. The average molecular weight is 686 g/mol. The van der Waals surface area contributed by atoms with Crippen LogP contribution in [0.5, 0.6) is 5.75 Å². The molecule has 0 radical (unpaired) electrons. The number of likely N-dealkylation sites (tertiary alicyclic amines) is 1. The van der Waals surface area contributed by atoms with E-state index in [1.165, 1.54) is 43.5 Å². The normalized spacial score (nSPS) is 25.9. The summed E-state index contributed by atoms with van der Waals surface area (Å²) in [4.78, 5) is 18.2. The predicted octanol–water partition coefficient (Wildman–Crippen LogP) is 8.82. The van der Waals surface area contributed by atoms with Crippen molar-refractivity contribution in [3.05, 3.63) is 69.5 Å². The molecule has 1 saturated heterocycles. The van der Waals surface area contributed by atoms with Gasteiger partial charge in [0.05, 0.1) is 30.0 Å². The van der Waals surface area contributed by atoms with E-state index < -0.39 is 0 Å². The van der Waals surface area contributed by atoms with Crippen LogP contribution < -0.4 is 14.4 Å². The smallest absolute Gasteiger partial charge is 0.261 e. The number of fused-ring (bicyclic) bond motifs is 1. The number of carbonyl (C=O) groups excluding carboxylic acids is 1. The number of anilines is 1. The molecule has 258 valence electrons. The van der Waals surface area contributed by atoms with Crippen LogP contribution in [0, 0.1) is 11.7 Å². The lowest BCUT2D eigenvalue weighted by atomic mass is 9.89. The number of nitrogens with zero attached hydrogens (tertiary/aromatic N) is 2. The Balaban J connectivity index is 1.47. The second-order valence-electron chi connectivity index (χ2n) is 13.5. The minimum Gasteiger partial charge on any atom is -0.491 e. The average Bonchev–Trinajstić information content (AvgIpc) is 3.52. The highest BCUT2D eigenvalue weighted by molar-refractivity contribution is 7.98. The summed E-state index contributed by atoms with van der Waals surface area (Å²) in [6.07, 6.45) is 10.2. The molecule has 1 amide bonds. The number of benzene rings is 2. The Morgan fingerprint density at radius 2 is 1.94 bits per heavy atom. The Bertz CT molecular complexity index is 1380. The van der Waals surface area contributed by atoms with Gasteiger partial charge in [-0.2, -0.15) is 0 Å². The van der Waals surface area contributed by atoms with Crippen molar-refractivity contribution >= 4 is 35.1 Å². The lowest BCUT2D eigenvalue weighted by molar-refractivity contribution is 0.0230. The molecule has 0 aliphatic carbocycles. The number of hydrogen-bond acceptors (Lipinski definition) is 6. The van der Waals surface area contributed by atoms with Crippen LogP contribution in [0.4, 0.5) is 10.1 Å². The summed E-state index contributed by atoms with van der Waals surface area (Å²) in [7, 11) is 0. The van der Waals surface area contributed by atoms with Crippen LogP contribution in [-0.2, 0) is 11.2 Å². The Morgan fingerprint density at radius 3 is 2.70 bits per heavy atom. The fourth-order valence-corrected chi connectivity index (χ4v) is 8.17. The first kappa shape index (κ1) is 36.0. The molecule has 1 fully saturated rings. The fraction of sp³-hybridized carbons (Fsp3) is 0.605. The van der Waals surface area contributed by atoms with Crippen molar-refractivity contribution in [1.29, 1.82) is 0 Å². The van der Waals surface area contributed by atoms with Gasteiger partial charge in [-0.15, -0.1) is 0 Å². The van der Waals surface area contributed by atoms with E-state index in [0.29, 0.717) is 36.6 Å². The Hall–Kier alpha value is -2.26. The van der Waals surface area contributed by atoms with E-state index in [-0.39, 0.29) is 34.0 Å². The van der Waals surface area contributed by atoms with Crippen LogP contribution in [0.1, 0.15) is 100 Å². The number of carbonyl (C=O) groups is 1. The van der Waals surface area contributed by atoms with Crippen LogP contribution in [0.3, 0.4) is 0 Å². The number of rotatable bonds is 8. The predicted molar refractivity (Wildman–Crippen MR) is 194 cm³/mol. The monoisotopic (exact) mass is 685 g/mol. The molecule has 0 aromatic heterocycles. The van der Waals surface area contributed by atoms with E-state index in [2.05, 4.69) is 48.3 Å². The van der Waals surface area contributed by atoms with Crippen LogP contribution in [0.25, 0.3) is 0 Å². The standard InChI is InChI=1S/C38H53ClFN3O3S/c1-5-10-32-31(14-15-33(39)36(32)40)30-24-43-20-17-28(6-2)37(45-22-21-42-18-7-8-19-42)26(3)11-9-12-27(4)47-41-38(44)29-13-16-35(46-25-30)34(43)23-29/h11,13-16,23,27-28,30,37H,5-10,12,17-22,24-25H2,1-4H3,(H,41,44)/b26-11+. The zero-order valence-corrected chi connectivity index (χ0v) is 30.2. The molecular formula is C38H53ClFN3O3S. The van der Waals surface area contributed by atoms with Crippen molar-refractivity contribution in [3.8, 4) is 5.75 Å². The number of ether oxygens (including phenoxy) is 2. The van der Waals surface area contributed by atoms with Gasteiger partial charge >= 0.3 is 0 Å². The molecule has 4 unspecified atom stereocenters. The van der Waals surface area contributed by atoms with Crippen LogP contribution in [-0.4, -0.2) is 68.1 Å². The zero-order chi connectivity index (χ0) is 33.3. The molecule has 0 spiro atoms. The Kier molecular flexibility index (Phi) is 13.3. The molecule has 9 heteroatoms. The van der Waals surface area contributed by atoms with Crippen LogP contribution >= 0.6 is 23.5 Å². The van der Waals surface area contributed by atoms with Gasteiger partial charge in [-0.25, -0.2) is 4.39 Å². The summed E-state index contributed by atoms with van der Waals surface area (Å²) in [5, 5.41) is 0.429. The van der Waals surface area contributed by atoms with E-state index in [1.807, 2.05) is 24.3 Å². The third-order valence-corrected chi connectivity index (χ3v) is 11.3. The van der Waals surface area contributed by atoms with Crippen LogP contribution in [0.2, 0.25) is 5.02 Å². The molecule has 2 aromatic rings. The summed E-state index contributed by atoms with van der Waals surface area (Å²) in [6, 6.07) is 9.37. The number of halogens is 2. The maximum Gasteiger partial charge on any atom is 0.261 e. The fourth-order valence-electron chi connectivity index (χ4n) is 7.31. The van der Waals surface area contributed by atoms with Crippen molar-refractivity contribution in [3.63, 3.8) is 0 Å². The second kappa shape index (κ2) is 17.4. The summed E-state index contributed by atoms with van der Waals surface area (Å²) in [5.41, 5.74) is 4.44. The zero-order valence-electron chi connectivity index (χ0n) is 28.7. The van der Waals surface area contributed by atoms with Gasteiger partial charge in [0, 0.05) is 36.4 Å². The molecule has 5 rings (SSSR count). The lowest BCUT2D eigenvalue weighted by Gasteiger charge is -2.33. The van der Waals surface area contributed by atoms with Crippen LogP contribution in [0.15, 0.2) is 42.0 Å². The number of amides is 1. The quantitative estimate of drug-likeness (QED) is 0.221. The molecule has 3 aliphatic heterocycles. The maximum atomic E-state index is 15.4. The number of hydrogen-bond donors (Lipinski definition) is 1. The lowest BCUT2D eigenvalue weighted by Crippen LogP contribution is -2.35. The SMILES string of the molecule is CCCc1c(C2COc3ccc4cc3N(CCC(CC)C(OCCN3CCCC3)/C(C)=C/CCC(C)SNC4=O)C2)ccc(Cl)c1F. The Labute approximate surface area is 290 Å². The topological polar surface area (TPSA) is 54.0 Å². The summed E-state index contributed by atoms with van der Waals surface area (Å²) < 4.78 is 31.7. The van der Waals surface area contributed by atoms with Crippen molar-refractivity contribution < 1.29 is 18.7 Å². The molecule has 0 saturated carbocycles. The van der Waals surface area contributed by atoms with Gasteiger partial charge in [0.1, 0.15) is 11.6 Å². The largest absolute Gasteiger partial charge is 0.491 e. The molecular weight excluding hydrogens is 633 g/mol. The summed E-state index contributed by atoms with van der Waals surface area (Å²) in [6.45, 7) is 14.6. The number of allylic oxidation sites excluding steroid dienone is 1. The molecule has 47 heavy (non-hydrogen) atoms. The van der Waals surface area contributed by atoms with Gasteiger partial charge in [-0.05, 0) is 117 Å². The second-order valence-corrected chi connectivity index (χ2v) is 15.1. The van der Waals surface area contributed by atoms with Gasteiger partial charge in [0.15, 0.2) is 0 Å². The third-order valence-electron chi connectivity index (χ3n) is 10.1. The van der Waals surface area contributed by atoms with Gasteiger partial charge in [-0.3, -0.25) is 9.52 Å². The summed E-state index contributed by atoms with van der Waals surface area (Å²) >= 11 is 7.74. The van der Waals surface area contributed by atoms with Gasteiger partial charge in [-0.1, -0.05) is 57.4 Å². The highest BCUT2D eigenvalue weighted by Gasteiger charge is 2.30. The van der Waals surface area contributed by atoms with Crippen molar-refractivity contribution in [2.45, 2.75) is 96.3 Å². The maximum absolute atomic E-state index is 15.4. The first-order chi connectivity index (χ1) is 22.8. The molecule has 2 bridgehead atoms. The summed E-state index contributed by atoms with van der Waals surface area (Å²) in [5.74, 6) is 0.580.